The van der Waals surface area contributed by atoms with E-state index < -0.39 is 18.1 Å². The molecule has 0 aliphatic rings. The number of carboxylic acids is 1. The fraction of sp³-hybridized carbons (Fsp3) is 0.250. The number of fused-ring (bicyclic) bond motifs is 1. The van der Waals surface area contributed by atoms with Crippen LogP contribution in [0, 0.1) is 0 Å². The highest BCUT2D eigenvalue weighted by molar-refractivity contribution is 7.16. The molecule has 1 aromatic carbocycles. The molecule has 0 fully saturated rings. The number of thiazole rings is 1. The van der Waals surface area contributed by atoms with Crippen molar-refractivity contribution in [1.82, 2.24) is 10.3 Å². The number of hydrogen-bond acceptors (Lipinski definition) is 5. The van der Waals surface area contributed by atoms with E-state index in [0.29, 0.717) is 5.69 Å². The van der Waals surface area contributed by atoms with Crippen LogP contribution in [0.25, 0.3) is 10.2 Å². The zero-order valence-corrected chi connectivity index (χ0v) is 11.4. The van der Waals surface area contributed by atoms with Gasteiger partial charge >= 0.3 is 12.0 Å². The molecule has 0 saturated heterocycles. The minimum absolute atomic E-state index is 0.111. The number of nitrogens with one attached hydrogen (secondary N) is 2. The van der Waals surface area contributed by atoms with Gasteiger partial charge in [-0.2, -0.15) is 0 Å². The average molecular weight is 295 g/mol. The minimum atomic E-state index is -1.13. The van der Waals surface area contributed by atoms with Crippen molar-refractivity contribution >= 4 is 39.2 Å². The van der Waals surface area contributed by atoms with Crippen LogP contribution in [0.1, 0.15) is 0 Å². The molecule has 0 spiro atoms. The molecule has 0 saturated carbocycles. The average Bonchev–Trinajstić information content (AvgIpc) is 2.86. The minimum Gasteiger partial charge on any atom is -0.479 e. The number of carboxylic acid groups (broad SMARTS) is 1. The molecule has 0 bridgehead atoms. The lowest BCUT2D eigenvalue weighted by Crippen LogP contribution is -2.39. The Morgan fingerprint density at radius 3 is 3.00 bits per heavy atom. The molecule has 1 atom stereocenters. The van der Waals surface area contributed by atoms with Gasteiger partial charge < -0.3 is 20.5 Å². The second-order valence-corrected chi connectivity index (χ2v) is 4.82. The van der Waals surface area contributed by atoms with Crippen molar-refractivity contribution in [2.24, 2.45) is 0 Å². The van der Waals surface area contributed by atoms with Gasteiger partial charge in [0, 0.05) is 12.8 Å². The lowest BCUT2D eigenvalue weighted by atomic mass is 10.3. The maximum atomic E-state index is 11.6. The molecule has 0 aliphatic carbocycles. The van der Waals surface area contributed by atoms with E-state index in [1.807, 2.05) is 0 Å². The van der Waals surface area contributed by atoms with Crippen molar-refractivity contribution in [1.29, 1.82) is 0 Å². The quantitative estimate of drug-likeness (QED) is 0.776. The Morgan fingerprint density at radius 2 is 2.30 bits per heavy atom. The number of carbonyl (C=O) groups excluding carboxylic acids is 1. The maximum Gasteiger partial charge on any atom is 0.334 e. The van der Waals surface area contributed by atoms with Gasteiger partial charge in [0.25, 0.3) is 0 Å². The summed E-state index contributed by atoms with van der Waals surface area (Å²) >= 11 is 1.47. The first-order valence-electron chi connectivity index (χ1n) is 5.74. The molecule has 20 heavy (non-hydrogen) atoms. The van der Waals surface area contributed by atoms with Gasteiger partial charge in [-0.25, -0.2) is 14.6 Å². The largest absolute Gasteiger partial charge is 0.479 e. The van der Waals surface area contributed by atoms with Gasteiger partial charge in [-0.15, -0.1) is 11.3 Å². The highest BCUT2D eigenvalue weighted by Gasteiger charge is 2.17. The summed E-state index contributed by atoms with van der Waals surface area (Å²) in [6.07, 6.45) is -1.07. The molecule has 1 heterocycles. The second-order valence-electron chi connectivity index (χ2n) is 3.93. The van der Waals surface area contributed by atoms with Crippen LogP contribution in [0.2, 0.25) is 0 Å². The molecular weight excluding hydrogens is 282 g/mol. The van der Waals surface area contributed by atoms with E-state index in [0.717, 1.165) is 10.2 Å². The van der Waals surface area contributed by atoms with E-state index in [1.165, 1.54) is 18.4 Å². The Hall–Kier alpha value is -2.19. The zero-order valence-electron chi connectivity index (χ0n) is 10.6. The number of nitrogens with zero attached hydrogens (tertiary/aromatic N) is 1. The molecule has 3 N–H and O–H groups in total. The lowest BCUT2D eigenvalue weighted by Gasteiger charge is -2.12. The number of rotatable bonds is 5. The van der Waals surface area contributed by atoms with Gasteiger partial charge in [-0.05, 0) is 18.2 Å². The normalized spacial score (nSPS) is 12.1. The Balaban J connectivity index is 1.92. The van der Waals surface area contributed by atoms with E-state index in [2.05, 4.69) is 15.6 Å². The van der Waals surface area contributed by atoms with E-state index in [1.54, 1.807) is 23.7 Å². The van der Waals surface area contributed by atoms with E-state index in [4.69, 9.17) is 9.84 Å². The molecule has 0 aliphatic heterocycles. The van der Waals surface area contributed by atoms with E-state index in [-0.39, 0.29) is 6.54 Å². The van der Waals surface area contributed by atoms with Gasteiger partial charge in [-0.3, -0.25) is 0 Å². The summed E-state index contributed by atoms with van der Waals surface area (Å²) in [5.74, 6) is -1.13. The molecular formula is C12H13N3O4S. The number of benzene rings is 1. The predicted molar refractivity (Wildman–Crippen MR) is 75.1 cm³/mol. The molecule has 2 rings (SSSR count). The number of hydrogen-bond donors (Lipinski definition) is 3. The fourth-order valence-electron chi connectivity index (χ4n) is 1.56. The van der Waals surface area contributed by atoms with Crippen LogP contribution in [0.3, 0.4) is 0 Å². The topological polar surface area (TPSA) is 101 Å². The summed E-state index contributed by atoms with van der Waals surface area (Å²) in [4.78, 5) is 26.5. The number of urea groups is 1. The van der Waals surface area contributed by atoms with E-state index in [9.17, 15) is 9.59 Å². The van der Waals surface area contributed by atoms with Gasteiger partial charge in [0.2, 0.25) is 0 Å². The third-order valence-corrected chi connectivity index (χ3v) is 3.39. The summed E-state index contributed by atoms with van der Waals surface area (Å²) in [7, 11) is 1.27. The number of aliphatic carboxylic acids is 1. The molecule has 8 heteroatoms. The van der Waals surface area contributed by atoms with Crippen LogP contribution in [-0.4, -0.2) is 41.8 Å². The molecule has 1 aromatic heterocycles. The summed E-state index contributed by atoms with van der Waals surface area (Å²) < 4.78 is 5.67. The van der Waals surface area contributed by atoms with Crippen LogP contribution in [-0.2, 0) is 9.53 Å². The molecule has 2 amide bonds. The molecule has 7 nitrogen and oxygen atoms in total. The summed E-state index contributed by atoms with van der Waals surface area (Å²) in [6.45, 7) is -0.111. The fourth-order valence-corrected chi connectivity index (χ4v) is 2.28. The van der Waals surface area contributed by atoms with Gasteiger partial charge in [0.1, 0.15) is 0 Å². The Labute approximate surface area is 118 Å². The molecule has 0 radical (unpaired) electrons. The van der Waals surface area contributed by atoms with Crippen LogP contribution >= 0.6 is 11.3 Å². The number of aromatic nitrogens is 1. The smallest absolute Gasteiger partial charge is 0.334 e. The standard InChI is InChI=1S/C12H13N3O4S/c1-19-9(11(16)17)5-13-12(18)15-7-2-3-8-10(4-7)20-6-14-8/h2-4,6,9H,5H2,1H3,(H,16,17)(H2,13,15,18). The lowest BCUT2D eigenvalue weighted by molar-refractivity contribution is -0.147. The highest BCUT2D eigenvalue weighted by Crippen LogP contribution is 2.21. The molecule has 1 unspecified atom stereocenters. The van der Waals surface area contributed by atoms with Crippen molar-refractivity contribution in [3.63, 3.8) is 0 Å². The monoisotopic (exact) mass is 295 g/mol. The molecule has 106 valence electrons. The summed E-state index contributed by atoms with van der Waals surface area (Å²) in [5.41, 5.74) is 3.21. The number of amides is 2. The first-order chi connectivity index (χ1) is 9.60. The van der Waals surface area contributed by atoms with Crippen LogP contribution in [0.15, 0.2) is 23.7 Å². The van der Waals surface area contributed by atoms with Gasteiger partial charge in [0.05, 0.1) is 22.3 Å². The van der Waals surface area contributed by atoms with Gasteiger partial charge in [0.15, 0.2) is 6.10 Å². The first-order valence-corrected chi connectivity index (χ1v) is 6.62. The second kappa shape index (κ2) is 6.31. The Morgan fingerprint density at radius 1 is 1.50 bits per heavy atom. The van der Waals surface area contributed by atoms with Crippen molar-refractivity contribution in [2.75, 3.05) is 19.0 Å². The van der Waals surface area contributed by atoms with Crippen molar-refractivity contribution in [3.8, 4) is 0 Å². The van der Waals surface area contributed by atoms with Gasteiger partial charge in [-0.1, -0.05) is 0 Å². The van der Waals surface area contributed by atoms with Crippen LogP contribution < -0.4 is 10.6 Å². The highest BCUT2D eigenvalue weighted by atomic mass is 32.1. The first kappa shape index (κ1) is 14.2. The summed E-state index contributed by atoms with van der Waals surface area (Å²) in [6, 6.07) is 4.85. The Bertz CT molecular complexity index is 628. The van der Waals surface area contributed by atoms with Crippen molar-refractivity contribution < 1.29 is 19.4 Å². The van der Waals surface area contributed by atoms with Crippen molar-refractivity contribution in [3.05, 3.63) is 23.7 Å². The maximum absolute atomic E-state index is 11.6. The number of ether oxygens (including phenoxy) is 1. The number of methoxy groups -OCH3 is 1. The van der Waals surface area contributed by atoms with Crippen LogP contribution in [0.4, 0.5) is 10.5 Å². The Kier molecular flexibility index (Phi) is 4.49. The number of anilines is 1. The third-order valence-electron chi connectivity index (χ3n) is 2.60. The molecule has 2 aromatic rings. The SMILES string of the molecule is COC(CNC(=O)Nc1ccc2ncsc2c1)C(=O)O. The third kappa shape index (κ3) is 3.43. The predicted octanol–water partition coefficient (Wildman–Crippen LogP) is 1.52. The zero-order chi connectivity index (χ0) is 14.5. The van der Waals surface area contributed by atoms with Crippen LogP contribution in [0.5, 0.6) is 0 Å². The summed E-state index contributed by atoms with van der Waals surface area (Å²) in [5, 5.41) is 13.8. The van der Waals surface area contributed by atoms with E-state index >= 15 is 0 Å². The van der Waals surface area contributed by atoms with Crippen molar-refractivity contribution in [2.45, 2.75) is 6.10 Å². The number of carbonyl (C=O) groups is 2.